The number of aliphatic hydroxyl groups excluding tert-OH is 1. The Labute approximate surface area is 101 Å². The quantitative estimate of drug-likeness (QED) is 0.875. The highest BCUT2D eigenvalue weighted by molar-refractivity contribution is 5.30. The Kier molecular flexibility index (Phi) is 3.54. The first kappa shape index (κ1) is 11.8. The first-order chi connectivity index (χ1) is 8.22. The highest BCUT2D eigenvalue weighted by atomic mass is 16.3. The second-order valence-corrected chi connectivity index (χ2v) is 4.13. The van der Waals surface area contributed by atoms with E-state index in [1.807, 2.05) is 31.3 Å². The maximum Gasteiger partial charge on any atom is 0.153 e. The van der Waals surface area contributed by atoms with Crippen molar-refractivity contribution in [2.24, 2.45) is 0 Å². The summed E-state index contributed by atoms with van der Waals surface area (Å²) in [4.78, 5) is 4.54. The van der Waals surface area contributed by atoms with Crippen molar-refractivity contribution in [3.05, 3.63) is 41.3 Å². The van der Waals surface area contributed by atoms with Gasteiger partial charge in [0, 0.05) is 11.9 Å². The van der Waals surface area contributed by atoms with Crippen LogP contribution in [0.15, 0.2) is 24.4 Å². The van der Waals surface area contributed by atoms with Gasteiger partial charge in [0.2, 0.25) is 0 Å². The lowest BCUT2D eigenvalue weighted by Crippen LogP contribution is -2.03. The van der Waals surface area contributed by atoms with Gasteiger partial charge in [-0.3, -0.25) is 0 Å². The summed E-state index contributed by atoms with van der Waals surface area (Å²) in [5.41, 5.74) is 2.84. The number of rotatable bonds is 4. The molecule has 0 amide bonds. The Bertz CT molecular complexity index is 505. The Balaban J connectivity index is 2.42. The van der Waals surface area contributed by atoms with E-state index in [1.54, 1.807) is 4.68 Å². The Morgan fingerprint density at radius 2 is 2.18 bits per heavy atom. The van der Waals surface area contributed by atoms with Crippen LogP contribution >= 0.6 is 0 Å². The van der Waals surface area contributed by atoms with Gasteiger partial charge in [0.05, 0.1) is 12.3 Å². The molecular weight excluding hydrogens is 214 g/mol. The van der Waals surface area contributed by atoms with Gasteiger partial charge in [-0.2, -0.15) is 5.10 Å². The van der Waals surface area contributed by atoms with Crippen LogP contribution in [0.4, 0.5) is 0 Å². The summed E-state index contributed by atoms with van der Waals surface area (Å²) >= 11 is 0. The van der Waals surface area contributed by atoms with Crippen molar-refractivity contribution in [2.45, 2.75) is 33.3 Å². The highest BCUT2D eigenvalue weighted by Gasteiger charge is 2.05. The lowest BCUT2D eigenvalue weighted by atomic mass is 10.1. The van der Waals surface area contributed by atoms with Crippen LogP contribution in [0.25, 0.3) is 5.82 Å². The number of aromatic nitrogens is 3. The molecule has 2 aromatic rings. The molecule has 2 heterocycles. The molecule has 0 radical (unpaired) electrons. The number of nitrogens with zero attached hydrogens (tertiary/aromatic N) is 3. The molecule has 17 heavy (non-hydrogen) atoms. The molecule has 0 spiro atoms. The number of pyridine rings is 1. The number of hydrogen-bond acceptors (Lipinski definition) is 3. The van der Waals surface area contributed by atoms with Gasteiger partial charge in [-0.1, -0.05) is 13.3 Å². The predicted octanol–water partition coefficient (Wildman–Crippen LogP) is 2.02. The normalized spacial score (nSPS) is 10.8. The summed E-state index contributed by atoms with van der Waals surface area (Å²) in [6.07, 6.45) is 3.84. The first-order valence-corrected chi connectivity index (χ1v) is 5.86. The monoisotopic (exact) mass is 231 g/mol. The van der Waals surface area contributed by atoms with E-state index >= 15 is 0 Å². The molecule has 0 fully saturated rings. The Morgan fingerprint density at radius 1 is 1.35 bits per heavy atom. The van der Waals surface area contributed by atoms with Gasteiger partial charge in [-0.15, -0.1) is 0 Å². The molecule has 0 unspecified atom stereocenters. The lowest BCUT2D eigenvalue weighted by Gasteiger charge is -2.07. The minimum Gasteiger partial charge on any atom is -0.392 e. The van der Waals surface area contributed by atoms with Crippen LogP contribution < -0.4 is 0 Å². The van der Waals surface area contributed by atoms with E-state index in [0.29, 0.717) is 0 Å². The molecule has 0 aromatic carbocycles. The Hall–Kier alpha value is -1.68. The summed E-state index contributed by atoms with van der Waals surface area (Å²) < 4.78 is 1.74. The maximum absolute atomic E-state index is 9.25. The van der Waals surface area contributed by atoms with Gasteiger partial charge in [-0.25, -0.2) is 9.67 Å². The van der Waals surface area contributed by atoms with Crippen LogP contribution in [0.5, 0.6) is 0 Å². The molecule has 4 nitrogen and oxygen atoms in total. The van der Waals surface area contributed by atoms with E-state index in [2.05, 4.69) is 17.0 Å². The van der Waals surface area contributed by atoms with Crippen LogP contribution in [0.3, 0.4) is 0 Å². The van der Waals surface area contributed by atoms with Gasteiger partial charge >= 0.3 is 0 Å². The number of aliphatic hydroxyl groups is 1. The van der Waals surface area contributed by atoms with Crippen molar-refractivity contribution in [1.82, 2.24) is 14.8 Å². The topological polar surface area (TPSA) is 50.9 Å². The highest BCUT2D eigenvalue weighted by Crippen LogP contribution is 2.12. The van der Waals surface area contributed by atoms with Crippen LogP contribution in [0.1, 0.15) is 30.3 Å². The fourth-order valence-electron chi connectivity index (χ4n) is 1.77. The average molecular weight is 231 g/mol. The second kappa shape index (κ2) is 5.10. The molecule has 0 atom stereocenters. The van der Waals surface area contributed by atoms with E-state index < -0.39 is 0 Å². The zero-order chi connectivity index (χ0) is 12.3. The van der Waals surface area contributed by atoms with Crippen LogP contribution in [-0.4, -0.2) is 19.9 Å². The van der Waals surface area contributed by atoms with E-state index in [0.717, 1.165) is 35.6 Å². The number of aryl methyl sites for hydroxylation is 2. The van der Waals surface area contributed by atoms with Gasteiger partial charge < -0.3 is 5.11 Å². The predicted molar refractivity (Wildman–Crippen MR) is 66.0 cm³/mol. The largest absolute Gasteiger partial charge is 0.392 e. The molecule has 2 aromatic heterocycles. The minimum absolute atomic E-state index is 0.0342. The lowest BCUT2D eigenvalue weighted by molar-refractivity contribution is 0.281. The molecule has 4 heteroatoms. The van der Waals surface area contributed by atoms with E-state index in [1.165, 1.54) is 0 Å². The molecule has 0 aliphatic carbocycles. The minimum atomic E-state index is 0.0342. The molecule has 2 rings (SSSR count). The third-order valence-electron chi connectivity index (χ3n) is 2.57. The summed E-state index contributed by atoms with van der Waals surface area (Å²) in [5, 5.41) is 13.6. The summed E-state index contributed by atoms with van der Waals surface area (Å²) in [7, 11) is 0. The van der Waals surface area contributed by atoms with Crippen molar-refractivity contribution < 1.29 is 5.11 Å². The SMILES string of the molecule is CCCc1cc(CO)cc(-n2ccc(C)n2)n1. The standard InChI is InChI=1S/C13H17N3O/c1-3-4-12-7-11(9-17)8-13(14-12)16-6-5-10(2)15-16/h5-8,17H,3-4,9H2,1-2H3. The van der Waals surface area contributed by atoms with Gasteiger partial charge in [0.15, 0.2) is 5.82 Å². The van der Waals surface area contributed by atoms with Crippen LogP contribution in [0.2, 0.25) is 0 Å². The maximum atomic E-state index is 9.25. The van der Waals surface area contributed by atoms with Crippen molar-refractivity contribution >= 4 is 0 Å². The molecular formula is C13H17N3O. The molecule has 0 saturated heterocycles. The fourth-order valence-corrected chi connectivity index (χ4v) is 1.77. The summed E-state index contributed by atoms with van der Waals surface area (Å²) in [6, 6.07) is 5.75. The Morgan fingerprint density at radius 3 is 2.76 bits per heavy atom. The molecule has 0 saturated carbocycles. The smallest absolute Gasteiger partial charge is 0.153 e. The average Bonchev–Trinajstić information content (AvgIpc) is 2.76. The van der Waals surface area contributed by atoms with Crippen LogP contribution in [0, 0.1) is 6.92 Å². The first-order valence-electron chi connectivity index (χ1n) is 5.86. The van der Waals surface area contributed by atoms with Gasteiger partial charge in [0.1, 0.15) is 0 Å². The van der Waals surface area contributed by atoms with Gasteiger partial charge in [-0.05, 0) is 37.1 Å². The van der Waals surface area contributed by atoms with E-state index in [-0.39, 0.29) is 6.61 Å². The molecule has 90 valence electrons. The number of hydrogen-bond donors (Lipinski definition) is 1. The van der Waals surface area contributed by atoms with E-state index in [9.17, 15) is 5.11 Å². The second-order valence-electron chi connectivity index (χ2n) is 4.13. The van der Waals surface area contributed by atoms with Crippen molar-refractivity contribution in [2.75, 3.05) is 0 Å². The third-order valence-corrected chi connectivity index (χ3v) is 2.57. The fraction of sp³-hybridized carbons (Fsp3) is 0.385. The molecule has 0 aliphatic rings. The molecule has 0 bridgehead atoms. The van der Waals surface area contributed by atoms with Gasteiger partial charge in [0.25, 0.3) is 0 Å². The van der Waals surface area contributed by atoms with E-state index in [4.69, 9.17) is 0 Å². The summed E-state index contributed by atoms with van der Waals surface area (Å²) in [6.45, 7) is 4.09. The zero-order valence-electron chi connectivity index (χ0n) is 10.2. The summed E-state index contributed by atoms with van der Waals surface area (Å²) in [5.74, 6) is 0.771. The van der Waals surface area contributed by atoms with Crippen LogP contribution in [-0.2, 0) is 13.0 Å². The van der Waals surface area contributed by atoms with Crippen molar-refractivity contribution in [3.8, 4) is 5.82 Å². The third kappa shape index (κ3) is 2.71. The molecule has 0 aliphatic heterocycles. The van der Waals surface area contributed by atoms with Crippen molar-refractivity contribution in [3.63, 3.8) is 0 Å². The van der Waals surface area contributed by atoms with Crippen molar-refractivity contribution in [1.29, 1.82) is 0 Å². The molecule has 1 N–H and O–H groups in total. The zero-order valence-corrected chi connectivity index (χ0v) is 10.2.